The van der Waals surface area contributed by atoms with Crippen molar-refractivity contribution in [2.45, 2.75) is 31.4 Å². The van der Waals surface area contributed by atoms with E-state index < -0.39 is 11.9 Å². The molecule has 2 atom stereocenters. The number of carbonyl (C=O) groups is 1. The standard InChI is InChI=1S/C14H18FNO3/c15-11-4-1-3-10(7-11)13(18)8-14(19)16-6-2-5-12(16)9-17/h1,3-4,7,12-13,17-18H,2,5-6,8-9H2/t12-,13+/m0/s1. The van der Waals surface area contributed by atoms with Gasteiger partial charge in [0.25, 0.3) is 0 Å². The van der Waals surface area contributed by atoms with Gasteiger partial charge in [-0.15, -0.1) is 0 Å². The molecule has 1 fully saturated rings. The Labute approximate surface area is 111 Å². The van der Waals surface area contributed by atoms with Crippen LogP contribution < -0.4 is 0 Å². The normalized spacial score (nSPS) is 20.6. The molecule has 104 valence electrons. The van der Waals surface area contributed by atoms with Gasteiger partial charge in [0.2, 0.25) is 5.91 Å². The van der Waals surface area contributed by atoms with Gasteiger partial charge >= 0.3 is 0 Å². The molecule has 2 rings (SSSR count). The van der Waals surface area contributed by atoms with Gasteiger partial charge in [0.1, 0.15) is 5.82 Å². The number of aliphatic hydroxyl groups excluding tert-OH is 2. The average Bonchev–Trinajstić information content (AvgIpc) is 2.87. The second-order valence-corrected chi connectivity index (χ2v) is 4.84. The molecule has 0 radical (unpaired) electrons. The van der Waals surface area contributed by atoms with E-state index in [0.29, 0.717) is 12.1 Å². The molecule has 0 spiro atoms. The fourth-order valence-electron chi connectivity index (χ4n) is 2.47. The van der Waals surface area contributed by atoms with E-state index in [2.05, 4.69) is 0 Å². The van der Waals surface area contributed by atoms with E-state index in [1.54, 1.807) is 11.0 Å². The lowest BCUT2D eigenvalue weighted by atomic mass is 10.1. The van der Waals surface area contributed by atoms with E-state index in [9.17, 15) is 14.3 Å². The summed E-state index contributed by atoms with van der Waals surface area (Å²) in [6.07, 6.45) is 0.564. The average molecular weight is 267 g/mol. The summed E-state index contributed by atoms with van der Waals surface area (Å²) in [5.74, 6) is -0.633. The molecule has 1 aliphatic heterocycles. The maximum absolute atomic E-state index is 13.0. The molecule has 0 aliphatic carbocycles. The summed E-state index contributed by atoms with van der Waals surface area (Å²) < 4.78 is 13.0. The molecule has 1 aromatic rings. The zero-order valence-corrected chi connectivity index (χ0v) is 10.6. The summed E-state index contributed by atoms with van der Waals surface area (Å²) >= 11 is 0. The zero-order chi connectivity index (χ0) is 13.8. The van der Waals surface area contributed by atoms with Crippen molar-refractivity contribution in [2.75, 3.05) is 13.2 Å². The van der Waals surface area contributed by atoms with Crippen molar-refractivity contribution in [3.63, 3.8) is 0 Å². The highest BCUT2D eigenvalue weighted by Gasteiger charge is 2.29. The van der Waals surface area contributed by atoms with E-state index in [4.69, 9.17) is 5.11 Å². The number of aliphatic hydroxyl groups is 2. The van der Waals surface area contributed by atoms with Crippen molar-refractivity contribution < 1.29 is 19.4 Å². The van der Waals surface area contributed by atoms with Crippen LogP contribution in [0.25, 0.3) is 0 Å². The van der Waals surface area contributed by atoms with Crippen LogP contribution in [0.5, 0.6) is 0 Å². The van der Waals surface area contributed by atoms with Gasteiger partial charge in [-0.1, -0.05) is 12.1 Å². The zero-order valence-electron chi connectivity index (χ0n) is 10.6. The summed E-state index contributed by atoms with van der Waals surface area (Å²) in [6.45, 7) is 0.557. The van der Waals surface area contributed by atoms with E-state index in [1.165, 1.54) is 18.2 Å². The molecule has 1 amide bonds. The number of hydrogen-bond donors (Lipinski definition) is 2. The molecular weight excluding hydrogens is 249 g/mol. The molecule has 1 aliphatic rings. The van der Waals surface area contributed by atoms with Crippen LogP contribution in [0.2, 0.25) is 0 Å². The summed E-state index contributed by atoms with van der Waals surface area (Å²) in [4.78, 5) is 13.6. The maximum Gasteiger partial charge on any atom is 0.225 e. The Morgan fingerprint density at radius 1 is 1.53 bits per heavy atom. The molecule has 0 saturated carbocycles. The first-order valence-corrected chi connectivity index (χ1v) is 6.45. The number of hydrogen-bond acceptors (Lipinski definition) is 3. The van der Waals surface area contributed by atoms with Crippen LogP contribution in [0.3, 0.4) is 0 Å². The van der Waals surface area contributed by atoms with Gasteiger partial charge in [-0.05, 0) is 30.5 Å². The Morgan fingerprint density at radius 3 is 3.00 bits per heavy atom. The van der Waals surface area contributed by atoms with Gasteiger partial charge in [-0.3, -0.25) is 4.79 Å². The van der Waals surface area contributed by atoms with Crippen LogP contribution in [0.4, 0.5) is 4.39 Å². The lowest BCUT2D eigenvalue weighted by molar-refractivity contribution is -0.134. The molecular formula is C14H18FNO3. The van der Waals surface area contributed by atoms with Crippen molar-refractivity contribution in [1.29, 1.82) is 0 Å². The summed E-state index contributed by atoms with van der Waals surface area (Å²) in [7, 11) is 0. The summed E-state index contributed by atoms with van der Waals surface area (Å²) in [6, 6.07) is 5.47. The Morgan fingerprint density at radius 2 is 2.32 bits per heavy atom. The largest absolute Gasteiger partial charge is 0.394 e. The van der Waals surface area contributed by atoms with Crippen molar-refractivity contribution >= 4 is 5.91 Å². The minimum absolute atomic E-state index is 0.0538. The highest BCUT2D eigenvalue weighted by Crippen LogP contribution is 2.23. The number of amides is 1. The predicted octanol–water partition coefficient (Wildman–Crippen LogP) is 1.23. The van der Waals surface area contributed by atoms with E-state index in [0.717, 1.165) is 12.8 Å². The molecule has 1 saturated heterocycles. The van der Waals surface area contributed by atoms with Crippen LogP contribution in [-0.4, -0.2) is 40.2 Å². The lowest BCUT2D eigenvalue weighted by Crippen LogP contribution is -2.38. The number of rotatable bonds is 4. The highest BCUT2D eigenvalue weighted by molar-refractivity contribution is 5.77. The van der Waals surface area contributed by atoms with Crippen molar-refractivity contribution in [2.24, 2.45) is 0 Å². The SMILES string of the molecule is O=C(C[C@@H](O)c1cccc(F)c1)N1CCC[C@H]1CO. The second-order valence-electron chi connectivity index (χ2n) is 4.84. The molecule has 1 heterocycles. The fraction of sp³-hybridized carbons (Fsp3) is 0.500. The molecule has 19 heavy (non-hydrogen) atoms. The van der Waals surface area contributed by atoms with Gasteiger partial charge in [0.15, 0.2) is 0 Å². The van der Waals surface area contributed by atoms with Gasteiger partial charge in [0, 0.05) is 6.54 Å². The quantitative estimate of drug-likeness (QED) is 0.862. The van der Waals surface area contributed by atoms with Gasteiger partial charge in [-0.25, -0.2) is 4.39 Å². The smallest absolute Gasteiger partial charge is 0.225 e. The first kappa shape index (κ1) is 14.0. The number of carbonyl (C=O) groups excluding carboxylic acids is 1. The van der Waals surface area contributed by atoms with E-state index in [-0.39, 0.29) is 25.0 Å². The third kappa shape index (κ3) is 3.30. The molecule has 4 nitrogen and oxygen atoms in total. The van der Waals surface area contributed by atoms with E-state index in [1.807, 2.05) is 0 Å². The van der Waals surface area contributed by atoms with Crippen LogP contribution in [0.15, 0.2) is 24.3 Å². The first-order chi connectivity index (χ1) is 9.11. The minimum atomic E-state index is -1.01. The number of likely N-dealkylation sites (tertiary alicyclic amines) is 1. The minimum Gasteiger partial charge on any atom is -0.394 e. The van der Waals surface area contributed by atoms with Crippen LogP contribution >= 0.6 is 0 Å². The fourth-order valence-corrected chi connectivity index (χ4v) is 2.47. The molecule has 2 N–H and O–H groups in total. The molecule has 1 aromatic carbocycles. The number of benzene rings is 1. The lowest BCUT2D eigenvalue weighted by Gasteiger charge is -2.24. The van der Waals surface area contributed by atoms with Crippen molar-refractivity contribution in [3.8, 4) is 0 Å². The van der Waals surface area contributed by atoms with Crippen molar-refractivity contribution in [3.05, 3.63) is 35.6 Å². The Hall–Kier alpha value is -1.46. The molecule has 5 heteroatoms. The van der Waals surface area contributed by atoms with E-state index >= 15 is 0 Å². The highest BCUT2D eigenvalue weighted by atomic mass is 19.1. The Kier molecular flexibility index (Phi) is 4.50. The Bertz CT molecular complexity index is 452. The van der Waals surface area contributed by atoms with Crippen LogP contribution in [0, 0.1) is 5.82 Å². The van der Waals surface area contributed by atoms with Crippen LogP contribution in [0.1, 0.15) is 30.9 Å². The maximum atomic E-state index is 13.0. The number of nitrogens with zero attached hydrogens (tertiary/aromatic N) is 1. The summed E-state index contributed by atoms with van der Waals surface area (Å²) in [5, 5.41) is 19.1. The topological polar surface area (TPSA) is 60.8 Å². The van der Waals surface area contributed by atoms with Crippen molar-refractivity contribution in [1.82, 2.24) is 4.90 Å². The third-order valence-corrected chi connectivity index (χ3v) is 3.51. The van der Waals surface area contributed by atoms with Gasteiger partial charge in [0.05, 0.1) is 25.2 Å². The second kappa shape index (κ2) is 6.12. The van der Waals surface area contributed by atoms with Crippen LogP contribution in [-0.2, 0) is 4.79 Å². The molecule has 0 aromatic heterocycles. The van der Waals surface area contributed by atoms with Gasteiger partial charge in [-0.2, -0.15) is 0 Å². The summed E-state index contributed by atoms with van der Waals surface area (Å²) in [5.41, 5.74) is 0.396. The first-order valence-electron chi connectivity index (χ1n) is 6.45. The monoisotopic (exact) mass is 267 g/mol. The molecule has 0 unspecified atom stereocenters. The molecule has 0 bridgehead atoms. The number of halogens is 1. The van der Waals surface area contributed by atoms with Gasteiger partial charge < -0.3 is 15.1 Å². The predicted molar refractivity (Wildman–Crippen MR) is 67.8 cm³/mol. The third-order valence-electron chi connectivity index (χ3n) is 3.51. The Balaban J connectivity index is 1.98.